The highest BCUT2D eigenvalue weighted by molar-refractivity contribution is 5.68. The molecule has 0 saturated carbocycles. The average Bonchev–Trinajstić information content (AvgIpc) is 2.82. The molecule has 0 heterocycles. The van der Waals surface area contributed by atoms with Gasteiger partial charge in [0.15, 0.2) is 0 Å². The number of rotatable bonds is 2. The summed E-state index contributed by atoms with van der Waals surface area (Å²) >= 11 is 0. The van der Waals surface area contributed by atoms with Crippen molar-refractivity contribution in [3.63, 3.8) is 0 Å². The van der Waals surface area contributed by atoms with E-state index in [2.05, 4.69) is 0 Å². The molecule has 0 atom stereocenters. The molecule has 0 N–H and O–H groups in total. The fourth-order valence-electron chi connectivity index (χ4n) is 1.43. The first kappa shape index (κ1) is 9.59. The van der Waals surface area contributed by atoms with E-state index in [1.165, 1.54) is 0 Å². The monoisotopic (exact) mass is 199 g/mol. The topological polar surface area (TPSA) is 32.3 Å². The Morgan fingerprint density at radius 1 is 1.07 bits per heavy atom. The minimum absolute atomic E-state index is 0.0441. The van der Waals surface area contributed by atoms with Gasteiger partial charge in [0.1, 0.15) is 5.75 Å². The molecule has 2 nitrogen and oxygen atoms in total. The van der Waals surface area contributed by atoms with Crippen molar-refractivity contribution < 1.29 is 9.84 Å². The zero-order valence-corrected chi connectivity index (χ0v) is 8.44. The zero-order valence-electron chi connectivity index (χ0n) is 8.44. The Balaban J connectivity index is 2.34. The minimum Gasteiger partial charge on any atom is -0.872 e. The van der Waals surface area contributed by atoms with Crippen molar-refractivity contribution >= 4 is 5.76 Å². The third-order valence-corrected chi connectivity index (χ3v) is 2.28. The summed E-state index contributed by atoms with van der Waals surface area (Å²) in [5.74, 6) is 0.803. The summed E-state index contributed by atoms with van der Waals surface area (Å²) in [6.07, 6.45) is 7.34. The Bertz CT molecular complexity index is 422. The van der Waals surface area contributed by atoms with Gasteiger partial charge in [-0.3, -0.25) is 0 Å². The molecule has 0 spiro atoms. The van der Waals surface area contributed by atoms with Gasteiger partial charge in [-0.2, -0.15) is 0 Å². The molecule has 0 aromatic heterocycles. The molecule has 0 bridgehead atoms. The van der Waals surface area contributed by atoms with Crippen LogP contribution in [-0.4, -0.2) is 7.11 Å². The van der Waals surface area contributed by atoms with Gasteiger partial charge < -0.3 is 9.84 Å². The maximum absolute atomic E-state index is 11.9. The number of benzene rings is 1. The molecule has 0 amide bonds. The molecule has 0 radical (unpaired) electrons. The number of hydrogen-bond donors (Lipinski definition) is 0. The fraction of sp³-hybridized carbons (Fsp3) is 0.0769. The summed E-state index contributed by atoms with van der Waals surface area (Å²) in [6.45, 7) is 0. The molecule has 76 valence electrons. The Morgan fingerprint density at radius 3 is 2.20 bits per heavy atom. The molecule has 0 aliphatic heterocycles. The van der Waals surface area contributed by atoms with E-state index in [9.17, 15) is 5.11 Å². The lowest BCUT2D eigenvalue weighted by atomic mass is 10.1. The van der Waals surface area contributed by atoms with Crippen LogP contribution >= 0.6 is 0 Å². The highest BCUT2D eigenvalue weighted by atomic mass is 16.5. The standard InChI is InChI=1S/C13H12O2/c1-15-12-8-6-11(7-9-12)13(14)10-4-2-3-5-10/h2-9,14H,1H3/p-1. The van der Waals surface area contributed by atoms with Crippen molar-refractivity contribution in [2.24, 2.45) is 0 Å². The van der Waals surface area contributed by atoms with Gasteiger partial charge in [-0.05, 0) is 23.3 Å². The summed E-state index contributed by atoms with van der Waals surface area (Å²) in [5, 5.41) is 11.9. The summed E-state index contributed by atoms with van der Waals surface area (Å²) in [6, 6.07) is 7.12. The van der Waals surface area contributed by atoms with Crippen LogP contribution in [0.4, 0.5) is 0 Å². The summed E-state index contributed by atoms with van der Waals surface area (Å²) in [7, 11) is 1.61. The van der Waals surface area contributed by atoms with E-state index in [0.717, 1.165) is 11.3 Å². The largest absolute Gasteiger partial charge is 0.872 e. The number of allylic oxidation sites excluding steroid dienone is 5. The second kappa shape index (κ2) is 4.05. The van der Waals surface area contributed by atoms with E-state index in [1.807, 2.05) is 24.3 Å². The highest BCUT2D eigenvalue weighted by Gasteiger charge is 1.98. The minimum atomic E-state index is 0.0441. The summed E-state index contributed by atoms with van der Waals surface area (Å²) < 4.78 is 5.03. The van der Waals surface area contributed by atoms with Crippen LogP contribution in [0.25, 0.3) is 5.76 Å². The Labute approximate surface area is 88.8 Å². The van der Waals surface area contributed by atoms with Crippen LogP contribution in [0.3, 0.4) is 0 Å². The van der Waals surface area contributed by atoms with Gasteiger partial charge in [0.2, 0.25) is 0 Å². The van der Waals surface area contributed by atoms with E-state index >= 15 is 0 Å². The normalized spacial score (nSPS) is 13.3. The van der Waals surface area contributed by atoms with E-state index in [-0.39, 0.29) is 5.76 Å². The quantitative estimate of drug-likeness (QED) is 0.681. The van der Waals surface area contributed by atoms with Gasteiger partial charge in [0.05, 0.1) is 7.11 Å². The third kappa shape index (κ3) is 1.94. The van der Waals surface area contributed by atoms with Crippen LogP contribution in [0.5, 0.6) is 5.75 Å². The highest BCUT2D eigenvalue weighted by Crippen LogP contribution is 2.20. The van der Waals surface area contributed by atoms with Crippen LogP contribution in [0.2, 0.25) is 0 Å². The van der Waals surface area contributed by atoms with Crippen molar-refractivity contribution in [3.05, 3.63) is 59.7 Å². The Hall–Kier alpha value is -1.96. The van der Waals surface area contributed by atoms with Gasteiger partial charge in [-0.25, -0.2) is 0 Å². The molecule has 0 fully saturated rings. The zero-order chi connectivity index (χ0) is 10.7. The van der Waals surface area contributed by atoms with Crippen LogP contribution in [0, 0.1) is 0 Å². The average molecular weight is 199 g/mol. The third-order valence-electron chi connectivity index (χ3n) is 2.28. The maximum Gasteiger partial charge on any atom is 0.118 e. The molecule has 1 aliphatic carbocycles. The smallest absolute Gasteiger partial charge is 0.118 e. The van der Waals surface area contributed by atoms with Gasteiger partial charge in [0.25, 0.3) is 0 Å². The van der Waals surface area contributed by atoms with Gasteiger partial charge in [0, 0.05) is 0 Å². The molecular formula is C13H11O2-. The molecule has 2 rings (SSSR count). The van der Waals surface area contributed by atoms with Crippen molar-refractivity contribution in [2.45, 2.75) is 0 Å². The van der Waals surface area contributed by atoms with Gasteiger partial charge >= 0.3 is 0 Å². The molecule has 1 aromatic rings. The maximum atomic E-state index is 11.9. The van der Waals surface area contributed by atoms with E-state index in [1.54, 1.807) is 31.4 Å². The van der Waals surface area contributed by atoms with Gasteiger partial charge in [-0.1, -0.05) is 42.2 Å². The first-order valence-electron chi connectivity index (χ1n) is 4.72. The molecule has 2 heteroatoms. The van der Waals surface area contributed by atoms with Crippen molar-refractivity contribution in [1.82, 2.24) is 0 Å². The van der Waals surface area contributed by atoms with Crippen molar-refractivity contribution in [3.8, 4) is 5.75 Å². The first-order valence-corrected chi connectivity index (χ1v) is 4.72. The Kier molecular flexibility index (Phi) is 2.59. The predicted octanol–water partition coefficient (Wildman–Crippen LogP) is 1.89. The van der Waals surface area contributed by atoms with Crippen LogP contribution in [0.15, 0.2) is 54.1 Å². The van der Waals surface area contributed by atoms with Crippen molar-refractivity contribution in [1.29, 1.82) is 0 Å². The summed E-state index contributed by atoms with van der Waals surface area (Å²) in [4.78, 5) is 0. The van der Waals surface area contributed by atoms with Crippen LogP contribution in [0.1, 0.15) is 5.56 Å². The lowest BCUT2D eigenvalue weighted by Gasteiger charge is -2.14. The SMILES string of the molecule is COc1ccc(C([O-])=C2C=CC=C2)cc1. The van der Waals surface area contributed by atoms with Gasteiger partial charge in [-0.15, -0.1) is 0 Å². The predicted molar refractivity (Wildman–Crippen MR) is 58.2 cm³/mol. The van der Waals surface area contributed by atoms with E-state index in [4.69, 9.17) is 4.74 Å². The fourth-order valence-corrected chi connectivity index (χ4v) is 1.43. The number of methoxy groups -OCH3 is 1. The van der Waals surface area contributed by atoms with E-state index < -0.39 is 0 Å². The molecular weight excluding hydrogens is 188 g/mol. The lowest BCUT2D eigenvalue weighted by molar-refractivity contribution is -0.244. The second-order valence-electron chi connectivity index (χ2n) is 3.23. The molecule has 1 aliphatic rings. The molecule has 15 heavy (non-hydrogen) atoms. The molecule has 0 saturated heterocycles. The van der Waals surface area contributed by atoms with Crippen molar-refractivity contribution in [2.75, 3.05) is 7.11 Å². The van der Waals surface area contributed by atoms with Crippen LogP contribution in [-0.2, 0) is 0 Å². The Morgan fingerprint density at radius 2 is 1.67 bits per heavy atom. The first-order chi connectivity index (χ1) is 7.31. The number of hydrogen-bond acceptors (Lipinski definition) is 2. The summed E-state index contributed by atoms with van der Waals surface area (Å²) in [5.41, 5.74) is 1.40. The van der Waals surface area contributed by atoms with E-state index in [0.29, 0.717) is 5.56 Å². The second-order valence-corrected chi connectivity index (χ2v) is 3.23. The lowest BCUT2D eigenvalue weighted by Crippen LogP contribution is -2.04. The molecule has 0 unspecified atom stereocenters. The number of ether oxygens (including phenoxy) is 1. The van der Waals surface area contributed by atoms with Crippen LogP contribution < -0.4 is 9.84 Å². The molecule has 1 aromatic carbocycles.